The third-order valence-corrected chi connectivity index (χ3v) is 3.84. The number of halogens is 1. The molecule has 6 nitrogen and oxygen atoms in total. The van der Waals surface area contributed by atoms with Crippen molar-refractivity contribution in [1.82, 2.24) is 10.2 Å². The lowest BCUT2D eigenvalue weighted by Crippen LogP contribution is -2.38. The largest absolute Gasteiger partial charge is 0.494 e. The zero-order valence-electron chi connectivity index (χ0n) is 17.1. The SMILES string of the molecule is CCCCOCCOCCN=C(NCC)N(C)Cc1ccc(OC)c(F)c1. The third-order valence-electron chi connectivity index (χ3n) is 3.84. The summed E-state index contributed by atoms with van der Waals surface area (Å²) in [5.74, 6) is 0.647. The Kier molecular flexibility index (Phi) is 12.2. The molecule has 0 aliphatic heterocycles. The topological polar surface area (TPSA) is 55.3 Å². The molecular weight excluding hydrogens is 349 g/mol. The van der Waals surface area contributed by atoms with E-state index in [1.165, 1.54) is 13.2 Å². The zero-order chi connectivity index (χ0) is 19.9. The number of nitrogens with zero attached hydrogens (tertiary/aromatic N) is 2. The molecule has 0 unspecified atom stereocenters. The Labute approximate surface area is 162 Å². The summed E-state index contributed by atoms with van der Waals surface area (Å²) in [5.41, 5.74) is 0.849. The van der Waals surface area contributed by atoms with E-state index in [0.29, 0.717) is 32.9 Å². The van der Waals surface area contributed by atoms with E-state index in [9.17, 15) is 4.39 Å². The second kappa shape index (κ2) is 14.2. The fourth-order valence-electron chi connectivity index (χ4n) is 2.41. The molecule has 0 bridgehead atoms. The van der Waals surface area contributed by atoms with Gasteiger partial charge in [-0.05, 0) is 31.0 Å². The number of rotatable bonds is 13. The van der Waals surface area contributed by atoms with E-state index in [0.717, 1.165) is 37.5 Å². The van der Waals surface area contributed by atoms with Crippen LogP contribution in [0.5, 0.6) is 5.75 Å². The average Bonchev–Trinajstić information content (AvgIpc) is 2.66. The van der Waals surface area contributed by atoms with E-state index < -0.39 is 0 Å². The molecule has 0 radical (unpaired) electrons. The molecule has 0 heterocycles. The van der Waals surface area contributed by atoms with Gasteiger partial charge in [0.15, 0.2) is 17.5 Å². The van der Waals surface area contributed by atoms with Gasteiger partial charge < -0.3 is 24.4 Å². The molecule has 1 aromatic rings. The fraction of sp³-hybridized carbons (Fsp3) is 0.650. The first-order valence-electron chi connectivity index (χ1n) is 9.59. The predicted molar refractivity (Wildman–Crippen MR) is 107 cm³/mol. The van der Waals surface area contributed by atoms with Crippen LogP contribution in [0.25, 0.3) is 0 Å². The minimum Gasteiger partial charge on any atom is -0.494 e. The lowest BCUT2D eigenvalue weighted by Gasteiger charge is -2.22. The first-order valence-corrected chi connectivity index (χ1v) is 9.59. The molecule has 0 amide bonds. The number of ether oxygens (including phenoxy) is 3. The van der Waals surface area contributed by atoms with Gasteiger partial charge in [-0.15, -0.1) is 0 Å². The first kappa shape index (κ1) is 23.2. The maximum Gasteiger partial charge on any atom is 0.194 e. The van der Waals surface area contributed by atoms with Crippen molar-refractivity contribution in [3.8, 4) is 5.75 Å². The molecule has 0 saturated carbocycles. The Morgan fingerprint density at radius 1 is 1.15 bits per heavy atom. The Bertz CT molecular complexity index is 555. The van der Waals surface area contributed by atoms with Crippen LogP contribution in [0.15, 0.2) is 23.2 Å². The zero-order valence-corrected chi connectivity index (χ0v) is 17.1. The molecule has 1 N–H and O–H groups in total. The summed E-state index contributed by atoms with van der Waals surface area (Å²) in [4.78, 5) is 6.52. The van der Waals surface area contributed by atoms with Crippen molar-refractivity contribution in [3.05, 3.63) is 29.6 Å². The predicted octanol–water partition coefficient (Wildman–Crippen LogP) is 3.06. The van der Waals surface area contributed by atoms with Crippen molar-refractivity contribution < 1.29 is 18.6 Å². The highest BCUT2D eigenvalue weighted by atomic mass is 19.1. The van der Waals surface area contributed by atoms with E-state index in [2.05, 4.69) is 17.2 Å². The second-order valence-electron chi connectivity index (χ2n) is 6.14. The fourth-order valence-corrected chi connectivity index (χ4v) is 2.41. The van der Waals surface area contributed by atoms with Gasteiger partial charge in [0.2, 0.25) is 0 Å². The van der Waals surface area contributed by atoms with Gasteiger partial charge in [0.1, 0.15) is 0 Å². The van der Waals surface area contributed by atoms with Crippen molar-refractivity contribution in [3.63, 3.8) is 0 Å². The smallest absolute Gasteiger partial charge is 0.194 e. The van der Waals surface area contributed by atoms with Crippen molar-refractivity contribution in [1.29, 1.82) is 0 Å². The van der Waals surface area contributed by atoms with Crippen molar-refractivity contribution in [2.45, 2.75) is 33.2 Å². The Morgan fingerprint density at radius 2 is 1.89 bits per heavy atom. The molecule has 0 spiro atoms. The van der Waals surface area contributed by atoms with Crippen LogP contribution >= 0.6 is 0 Å². The molecule has 7 heteroatoms. The van der Waals surface area contributed by atoms with Crippen LogP contribution in [0.3, 0.4) is 0 Å². The Hall–Kier alpha value is -1.86. The second-order valence-corrected chi connectivity index (χ2v) is 6.14. The summed E-state index contributed by atoms with van der Waals surface area (Å²) in [6.07, 6.45) is 2.22. The number of guanidine groups is 1. The number of hydrogen-bond donors (Lipinski definition) is 1. The molecule has 1 aromatic carbocycles. The van der Waals surface area contributed by atoms with Crippen LogP contribution in [-0.4, -0.2) is 64.5 Å². The molecule has 0 aliphatic carbocycles. The van der Waals surface area contributed by atoms with E-state index in [1.807, 2.05) is 24.9 Å². The molecule has 1 rings (SSSR count). The highest BCUT2D eigenvalue weighted by molar-refractivity contribution is 5.79. The van der Waals surface area contributed by atoms with Crippen molar-refractivity contribution in [2.24, 2.45) is 4.99 Å². The van der Waals surface area contributed by atoms with E-state index in [4.69, 9.17) is 14.2 Å². The van der Waals surface area contributed by atoms with Gasteiger partial charge in [0, 0.05) is 26.7 Å². The van der Waals surface area contributed by atoms with Crippen molar-refractivity contribution in [2.75, 3.05) is 53.7 Å². The molecular formula is C20H34FN3O3. The maximum atomic E-state index is 13.9. The number of benzene rings is 1. The molecule has 0 fully saturated rings. The summed E-state index contributed by atoms with van der Waals surface area (Å²) in [6.45, 7) is 8.53. The van der Waals surface area contributed by atoms with Crippen LogP contribution < -0.4 is 10.1 Å². The molecule has 0 aromatic heterocycles. The van der Waals surface area contributed by atoms with Crippen LogP contribution in [0.1, 0.15) is 32.3 Å². The lowest BCUT2D eigenvalue weighted by molar-refractivity contribution is 0.0497. The standard InChI is InChI=1S/C20H34FN3O3/c1-5-7-11-26-13-14-27-12-10-23-20(22-6-2)24(3)16-17-8-9-19(25-4)18(21)15-17/h8-9,15H,5-7,10-14,16H2,1-4H3,(H,22,23). The molecule has 0 saturated heterocycles. The number of aliphatic imine (C=N–C) groups is 1. The minimum atomic E-state index is -0.361. The third kappa shape index (κ3) is 9.58. The van der Waals surface area contributed by atoms with E-state index in [1.54, 1.807) is 6.07 Å². The monoisotopic (exact) mass is 383 g/mol. The number of nitrogens with one attached hydrogen (secondary N) is 1. The maximum absolute atomic E-state index is 13.9. The van der Waals surface area contributed by atoms with Gasteiger partial charge >= 0.3 is 0 Å². The van der Waals surface area contributed by atoms with E-state index >= 15 is 0 Å². The normalized spacial score (nSPS) is 11.5. The van der Waals surface area contributed by atoms with Crippen LogP contribution in [-0.2, 0) is 16.0 Å². The number of methoxy groups -OCH3 is 1. The Balaban J connectivity index is 2.41. The minimum absolute atomic E-state index is 0.248. The van der Waals surface area contributed by atoms with Crippen LogP contribution in [0, 0.1) is 5.82 Å². The van der Waals surface area contributed by atoms with E-state index in [-0.39, 0.29) is 11.6 Å². The first-order chi connectivity index (χ1) is 13.1. The van der Waals surface area contributed by atoms with Gasteiger partial charge in [0.05, 0.1) is 33.5 Å². The molecule has 0 atom stereocenters. The highest BCUT2D eigenvalue weighted by Crippen LogP contribution is 2.18. The summed E-state index contributed by atoms with van der Waals surface area (Å²) in [5, 5.41) is 3.24. The Morgan fingerprint density at radius 3 is 2.52 bits per heavy atom. The number of unbranched alkanes of at least 4 members (excludes halogenated alkanes) is 1. The van der Waals surface area contributed by atoms with Gasteiger partial charge in [-0.3, -0.25) is 4.99 Å². The van der Waals surface area contributed by atoms with Gasteiger partial charge in [0.25, 0.3) is 0 Å². The van der Waals surface area contributed by atoms with Crippen LogP contribution in [0.4, 0.5) is 4.39 Å². The molecule has 154 valence electrons. The summed E-state index contributed by atoms with van der Waals surface area (Å²) in [6, 6.07) is 4.98. The van der Waals surface area contributed by atoms with Crippen LogP contribution in [0.2, 0.25) is 0 Å². The lowest BCUT2D eigenvalue weighted by atomic mass is 10.2. The average molecular weight is 384 g/mol. The molecule has 27 heavy (non-hydrogen) atoms. The summed E-state index contributed by atoms with van der Waals surface area (Å²) >= 11 is 0. The summed E-state index contributed by atoms with van der Waals surface area (Å²) < 4.78 is 29.8. The summed E-state index contributed by atoms with van der Waals surface area (Å²) in [7, 11) is 3.38. The quantitative estimate of drug-likeness (QED) is 0.322. The number of hydrogen-bond acceptors (Lipinski definition) is 4. The van der Waals surface area contributed by atoms with Gasteiger partial charge in [-0.1, -0.05) is 19.4 Å². The van der Waals surface area contributed by atoms with Crippen molar-refractivity contribution >= 4 is 5.96 Å². The highest BCUT2D eigenvalue weighted by Gasteiger charge is 2.09. The van der Waals surface area contributed by atoms with Gasteiger partial charge in [-0.2, -0.15) is 0 Å². The van der Waals surface area contributed by atoms with Gasteiger partial charge in [-0.25, -0.2) is 4.39 Å². The molecule has 0 aliphatic rings.